The van der Waals surface area contributed by atoms with E-state index < -0.39 is 11.2 Å². The average Bonchev–Trinajstić information content (AvgIpc) is 2.91. The molecule has 10 nitrogen and oxygen atoms in total. The topological polar surface area (TPSA) is 149 Å². The number of nitrogens with one attached hydrogen (secondary N) is 2. The first-order valence-electron chi connectivity index (χ1n) is 9.54. The van der Waals surface area contributed by atoms with Gasteiger partial charge in [0, 0.05) is 11.1 Å². The zero-order valence-corrected chi connectivity index (χ0v) is 17.9. The van der Waals surface area contributed by atoms with Gasteiger partial charge in [-0.25, -0.2) is 9.89 Å². The van der Waals surface area contributed by atoms with Gasteiger partial charge in [-0.1, -0.05) is 36.5 Å². The van der Waals surface area contributed by atoms with Gasteiger partial charge in [0.05, 0.1) is 15.7 Å². The van der Waals surface area contributed by atoms with Crippen LogP contribution in [0.4, 0.5) is 5.82 Å². The SMILES string of the molecule is CC1CCCCc2c(Oc3c(Cl)cc(-n4nc(N)c(=O)[nH]c4=O)cc3Cl)n[nH]c(=O)c21. The van der Waals surface area contributed by atoms with Crippen LogP contribution in [-0.4, -0.2) is 25.0 Å². The molecule has 1 aliphatic carbocycles. The summed E-state index contributed by atoms with van der Waals surface area (Å²) in [7, 11) is 0. The third kappa shape index (κ3) is 3.96. The maximum absolute atomic E-state index is 12.4. The van der Waals surface area contributed by atoms with Crippen LogP contribution in [0.3, 0.4) is 0 Å². The lowest BCUT2D eigenvalue weighted by Crippen LogP contribution is -2.33. The van der Waals surface area contributed by atoms with Crippen molar-refractivity contribution in [3.05, 3.63) is 64.5 Å². The van der Waals surface area contributed by atoms with E-state index in [1.807, 2.05) is 6.92 Å². The summed E-state index contributed by atoms with van der Waals surface area (Å²) >= 11 is 12.8. The minimum atomic E-state index is -0.804. The van der Waals surface area contributed by atoms with Gasteiger partial charge in [0.2, 0.25) is 11.7 Å². The molecule has 0 aliphatic heterocycles. The Kier molecular flexibility index (Phi) is 5.59. The molecule has 4 rings (SSSR count). The van der Waals surface area contributed by atoms with Gasteiger partial charge in [-0.2, -0.15) is 4.68 Å². The minimum Gasteiger partial charge on any atom is -0.434 e. The van der Waals surface area contributed by atoms with E-state index >= 15 is 0 Å². The standard InChI is InChI=1S/C19H18Cl2N6O4/c1-8-4-2-3-5-10-13(8)16(28)24-25-18(10)31-14-11(20)6-9(7-12(14)21)27-19(30)23-17(29)15(22)26-27/h6-8H,2-5H2,1H3,(H2,22,26)(H,24,28)(H,23,29,30). The molecule has 1 aromatic carbocycles. The van der Waals surface area contributed by atoms with E-state index in [1.165, 1.54) is 12.1 Å². The lowest BCUT2D eigenvalue weighted by molar-refractivity contribution is 0.445. The van der Waals surface area contributed by atoms with Crippen molar-refractivity contribution in [1.29, 1.82) is 0 Å². The average molecular weight is 465 g/mol. The molecule has 12 heteroatoms. The van der Waals surface area contributed by atoms with Crippen LogP contribution in [0.15, 0.2) is 26.5 Å². The van der Waals surface area contributed by atoms with Crippen LogP contribution in [-0.2, 0) is 6.42 Å². The van der Waals surface area contributed by atoms with Crippen molar-refractivity contribution in [3.63, 3.8) is 0 Å². The summed E-state index contributed by atoms with van der Waals surface area (Å²) in [6, 6.07) is 2.78. The van der Waals surface area contributed by atoms with Gasteiger partial charge >= 0.3 is 5.69 Å². The number of anilines is 1. The number of nitrogens with zero attached hydrogens (tertiary/aromatic N) is 3. The first-order valence-corrected chi connectivity index (χ1v) is 10.3. The highest BCUT2D eigenvalue weighted by Gasteiger charge is 2.24. The molecule has 31 heavy (non-hydrogen) atoms. The summed E-state index contributed by atoms with van der Waals surface area (Å²) in [6.07, 6.45) is 3.45. The molecule has 0 fully saturated rings. The fourth-order valence-electron chi connectivity index (χ4n) is 3.68. The molecule has 0 saturated carbocycles. The van der Waals surface area contributed by atoms with Crippen molar-refractivity contribution < 1.29 is 4.74 Å². The van der Waals surface area contributed by atoms with Crippen molar-refractivity contribution in [2.24, 2.45) is 0 Å². The highest BCUT2D eigenvalue weighted by Crippen LogP contribution is 2.40. The van der Waals surface area contributed by atoms with Crippen molar-refractivity contribution in [1.82, 2.24) is 25.0 Å². The van der Waals surface area contributed by atoms with Gasteiger partial charge in [-0.3, -0.25) is 14.6 Å². The van der Waals surface area contributed by atoms with Crippen LogP contribution in [0, 0.1) is 0 Å². The molecular weight excluding hydrogens is 447 g/mol. The predicted octanol–water partition coefficient (Wildman–Crippen LogP) is 2.52. The second-order valence-electron chi connectivity index (χ2n) is 7.29. The number of ether oxygens (including phenoxy) is 1. The van der Waals surface area contributed by atoms with Crippen LogP contribution in [0.5, 0.6) is 11.6 Å². The number of fused-ring (bicyclic) bond motifs is 1. The van der Waals surface area contributed by atoms with E-state index in [1.54, 1.807) is 0 Å². The molecular formula is C19H18Cl2N6O4. The number of H-pyrrole nitrogens is 2. The summed E-state index contributed by atoms with van der Waals surface area (Å²) in [5.74, 6) is 0.0182. The number of aromatic amines is 2. The number of nitrogen functional groups attached to an aromatic ring is 1. The van der Waals surface area contributed by atoms with Crippen molar-refractivity contribution in [2.75, 3.05) is 5.73 Å². The van der Waals surface area contributed by atoms with E-state index in [0.717, 1.165) is 29.5 Å². The van der Waals surface area contributed by atoms with Gasteiger partial charge in [-0.15, -0.1) is 10.2 Å². The fraction of sp³-hybridized carbons (Fsp3) is 0.316. The van der Waals surface area contributed by atoms with Crippen molar-refractivity contribution >= 4 is 29.0 Å². The number of hydrogen-bond acceptors (Lipinski definition) is 7. The molecule has 1 unspecified atom stereocenters. The predicted molar refractivity (Wildman–Crippen MR) is 116 cm³/mol. The quantitative estimate of drug-likeness (QED) is 0.503. The molecule has 0 bridgehead atoms. The van der Waals surface area contributed by atoms with E-state index in [4.69, 9.17) is 33.7 Å². The van der Waals surface area contributed by atoms with E-state index in [-0.39, 0.29) is 44.7 Å². The summed E-state index contributed by atoms with van der Waals surface area (Å²) in [5.41, 5.74) is 5.23. The molecule has 0 spiro atoms. The molecule has 1 aliphatic rings. The van der Waals surface area contributed by atoms with Crippen molar-refractivity contribution in [2.45, 2.75) is 38.5 Å². The molecule has 1 atom stereocenters. The third-order valence-corrected chi connectivity index (χ3v) is 5.73. The maximum Gasteiger partial charge on any atom is 0.349 e. The first-order chi connectivity index (χ1) is 14.8. The van der Waals surface area contributed by atoms with Gasteiger partial charge in [0.25, 0.3) is 11.1 Å². The van der Waals surface area contributed by atoms with E-state index in [2.05, 4.69) is 20.3 Å². The van der Waals surface area contributed by atoms with Gasteiger partial charge < -0.3 is 10.5 Å². The number of nitrogens with two attached hydrogens (primary N) is 1. The molecule has 3 aromatic rings. The molecule has 4 N–H and O–H groups in total. The Morgan fingerprint density at radius 3 is 2.58 bits per heavy atom. The highest BCUT2D eigenvalue weighted by molar-refractivity contribution is 6.37. The van der Waals surface area contributed by atoms with Gasteiger partial charge in [0.15, 0.2) is 5.75 Å². The minimum absolute atomic E-state index is 0.0727. The molecule has 2 aromatic heterocycles. The van der Waals surface area contributed by atoms with Gasteiger partial charge in [-0.05, 0) is 37.3 Å². The number of hydrogen-bond donors (Lipinski definition) is 3. The zero-order chi connectivity index (χ0) is 22.3. The van der Waals surface area contributed by atoms with Gasteiger partial charge in [0.1, 0.15) is 0 Å². The Bertz CT molecular complexity index is 1320. The summed E-state index contributed by atoms with van der Waals surface area (Å²) in [6.45, 7) is 2.00. The molecule has 0 amide bonds. The highest BCUT2D eigenvalue weighted by atomic mass is 35.5. The molecule has 162 valence electrons. The monoisotopic (exact) mass is 464 g/mol. The molecule has 2 heterocycles. The Labute approximate surface area is 185 Å². The van der Waals surface area contributed by atoms with E-state index in [0.29, 0.717) is 12.0 Å². The number of benzene rings is 1. The second-order valence-corrected chi connectivity index (χ2v) is 8.11. The zero-order valence-electron chi connectivity index (χ0n) is 16.4. The van der Waals surface area contributed by atoms with Crippen LogP contribution in [0.25, 0.3) is 5.69 Å². The molecule has 0 radical (unpaired) electrons. The van der Waals surface area contributed by atoms with Crippen LogP contribution in [0.1, 0.15) is 43.2 Å². The Morgan fingerprint density at radius 2 is 1.87 bits per heavy atom. The number of halogens is 2. The van der Waals surface area contributed by atoms with Crippen LogP contribution in [0.2, 0.25) is 10.0 Å². The number of aromatic nitrogens is 5. The fourth-order valence-corrected chi connectivity index (χ4v) is 4.23. The van der Waals surface area contributed by atoms with E-state index in [9.17, 15) is 14.4 Å². The Morgan fingerprint density at radius 1 is 1.16 bits per heavy atom. The summed E-state index contributed by atoms with van der Waals surface area (Å²) in [4.78, 5) is 37.9. The largest absolute Gasteiger partial charge is 0.434 e. The Hall–Kier alpha value is -3.11. The molecule has 0 saturated heterocycles. The second kappa shape index (κ2) is 8.20. The van der Waals surface area contributed by atoms with Crippen LogP contribution >= 0.6 is 23.2 Å². The van der Waals surface area contributed by atoms with Crippen molar-refractivity contribution in [3.8, 4) is 17.3 Å². The number of rotatable bonds is 3. The summed E-state index contributed by atoms with van der Waals surface area (Å²) < 4.78 is 6.79. The smallest absolute Gasteiger partial charge is 0.349 e. The lowest BCUT2D eigenvalue weighted by Gasteiger charge is -2.16. The normalized spacial score (nSPS) is 15.9. The Balaban J connectivity index is 1.78. The maximum atomic E-state index is 12.4. The third-order valence-electron chi connectivity index (χ3n) is 5.17. The summed E-state index contributed by atoms with van der Waals surface area (Å²) in [5, 5.41) is 10.4. The van der Waals surface area contributed by atoms with Crippen LogP contribution < -0.4 is 27.3 Å². The first kappa shape index (κ1) is 21.1. The lowest BCUT2D eigenvalue weighted by atomic mass is 9.97.